The van der Waals surface area contributed by atoms with E-state index < -0.39 is 0 Å². The standard InChI is InChI=1S/C26H17N5O3S/c27-15-19-22(17-9-3-1-4-10-17)23(18-11-5-2-6-12-18)33-24(19)29-21(32)16-35-26-31-30-25(34-26)20-13-7-8-14-28-20/h1-14H,16H2,(H,29,32). The predicted octanol–water partition coefficient (Wildman–Crippen LogP) is 5.66. The monoisotopic (exact) mass is 479 g/mol. The van der Waals surface area contributed by atoms with E-state index in [1.54, 1.807) is 18.3 Å². The number of carbonyl (C=O) groups is 1. The van der Waals surface area contributed by atoms with Gasteiger partial charge in [-0.2, -0.15) is 5.26 Å². The number of amides is 1. The maximum absolute atomic E-state index is 12.7. The number of rotatable bonds is 7. The van der Waals surface area contributed by atoms with Crippen LogP contribution < -0.4 is 5.32 Å². The molecule has 5 rings (SSSR count). The summed E-state index contributed by atoms with van der Waals surface area (Å²) in [5, 5.41) is 20.8. The number of nitrogens with one attached hydrogen (secondary N) is 1. The molecule has 170 valence electrons. The first-order valence-corrected chi connectivity index (χ1v) is 11.6. The lowest BCUT2D eigenvalue weighted by Crippen LogP contribution is -2.14. The first kappa shape index (κ1) is 22.1. The molecule has 0 radical (unpaired) electrons. The number of nitrogens with zero attached hydrogens (tertiary/aromatic N) is 4. The van der Waals surface area contributed by atoms with Crippen molar-refractivity contribution in [3.63, 3.8) is 0 Å². The van der Waals surface area contributed by atoms with Gasteiger partial charge in [0.25, 0.3) is 11.1 Å². The van der Waals surface area contributed by atoms with Crippen LogP contribution in [-0.4, -0.2) is 26.8 Å². The topological polar surface area (TPSA) is 118 Å². The van der Waals surface area contributed by atoms with Crippen molar-refractivity contribution >= 4 is 23.6 Å². The van der Waals surface area contributed by atoms with Crippen LogP contribution in [-0.2, 0) is 4.79 Å². The highest BCUT2D eigenvalue weighted by Gasteiger charge is 2.24. The van der Waals surface area contributed by atoms with Crippen LogP contribution in [0.3, 0.4) is 0 Å². The minimum absolute atomic E-state index is 0.0171. The molecule has 0 saturated heterocycles. The van der Waals surface area contributed by atoms with Gasteiger partial charge in [-0.1, -0.05) is 78.5 Å². The Morgan fingerprint density at radius 3 is 2.31 bits per heavy atom. The van der Waals surface area contributed by atoms with Gasteiger partial charge in [0.2, 0.25) is 11.8 Å². The highest BCUT2D eigenvalue weighted by Crippen LogP contribution is 2.41. The molecular formula is C26H17N5O3S. The fourth-order valence-corrected chi connectivity index (χ4v) is 4.01. The highest BCUT2D eigenvalue weighted by molar-refractivity contribution is 7.99. The van der Waals surface area contributed by atoms with Gasteiger partial charge in [-0.05, 0) is 17.7 Å². The van der Waals surface area contributed by atoms with E-state index in [0.717, 1.165) is 22.9 Å². The number of furan rings is 1. The van der Waals surface area contributed by atoms with Crippen molar-refractivity contribution < 1.29 is 13.6 Å². The third-order valence-electron chi connectivity index (χ3n) is 4.99. The van der Waals surface area contributed by atoms with Crippen LogP contribution >= 0.6 is 11.8 Å². The van der Waals surface area contributed by atoms with E-state index in [1.807, 2.05) is 66.7 Å². The van der Waals surface area contributed by atoms with Crippen molar-refractivity contribution in [2.24, 2.45) is 0 Å². The molecule has 0 aliphatic rings. The Morgan fingerprint density at radius 2 is 1.63 bits per heavy atom. The number of benzene rings is 2. The number of aromatic nitrogens is 3. The Bertz CT molecular complexity index is 1490. The molecule has 0 bridgehead atoms. The molecular weight excluding hydrogens is 462 g/mol. The predicted molar refractivity (Wildman–Crippen MR) is 131 cm³/mol. The molecule has 0 saturated carbocycles. The lowest BCUT2D eigenvalue weighted by molar-refractivity contribution is -0.113. The summed E-state index contributed by atoms with van der Waals surface area (Å²) in [6.45, 7) is 0. The molecule has 0 unspecified atom stereocenters. The second-order valence-electron chi connectivity index (χ2n) is 7.28. The van der Waals surface area contributed by atoms with Gasteiger partial charge < -0.3 is 8.83 Å². The number of hydrogen-bond acceptors (Lipinski definition) is 8. The minimum atomic E-state index is -0.378. The molecule has 5 aromatic rings. The number of carbonyl (C=O) groups excluding carboxylic acids is 1. The van der Waals surface area contributed by atoms with Crippen LogP contribution in [0.2, 0.25) is 0 Å². The van der Waals surface area contributed by atoms with Crippen molar-refractivity contribution in [2.45, 2.75) is 5.22 Å². The van der Waals surface area contributed by atoms with Crippen LogP contribution in [0.25, 0.3) is 34.0 Å². The Kier molecular flexibility index (Phi) is 6.37. The van der Waals surface area contributed by atoms with Crippen LogP contribution in [0.15, 0.2) is 99.1 Å². The van der Waals surface area contributed by atoms with E-state index >= 15 is 0 Å². The molecule has 0 fully saturated rings. The van der Waals surface area contributed by atoms with E-state index in [2.05, 4.69) is 26.6 Å². The third-order valence-corrected chi connectivity index (χ3v) is 5.81. The molecule has 0 aliphatic carbocycles. The average Bonchev–Trinajstić information content (AvgIpc) is 3.54. The molecule has 2 aromatic carbocycles. The van der Waals surface area contributed by atoms with Gasteiger partial charge in [0.05, 0.1) is 5.75 Å². The molecule has 9 heteroatoms. The lowest BCUT2D eigenvalue weighted by Gasteiger charge is -2.03. The van der Waals surface area contributed by atoms with Gasteiger partial charge in [0, 0.05) is 17.3 Å². The molecule has 0 spiro atoms. The van der Waals surface area contributed by atoms with Crippen molar-refractivity contribution in [2.75, 3.05) is 11.1 Å². The van der Waals surface area contributed by atoms with Crippen molar-refractivity contribution in [3.8, 4) is 40.1 Å². The number of anilines is 1. The second-order valence-corrected chi connectivity index (χ2v) is 8.21. The van der Waals surface area contributed by atoms with Gasteiger partial charge >= 0.3 is 0 Å². The normalized spacial score (nSPS) is 10.6. The van der Waals surface area contributed by atoms with Crippen molar-refractivity contribution in [1.29, 1.82) is 5.26 Å². The molecule has 0 atom stereocenters. The molecule has 1 amide bonds. The zero-order valence-electron chi connectivity index (χ0n) is 18.2. The maximum Gasteiger partial charge on any atom is 0.277 e. The molecule has 35 heavy (non-hydrogen) atoms. The van der Waals surface area contributed by atoms with E-state index in [0.29, 0.717) is 17.0 Å². The lowest BCUT2D eigenvalue weighted by atomic mass is 9.98. The van der Waals surface area contributed by atoms with Gasteiger partial charge in [-0.15, -0.1) is 10.2 Å². The van der Waals surface area contributed by atoms with E-state index in [9.17, 15) is 10.1 Å². The molecule has 1 N–H and O–H groups in total. The Balaban J connectivity index is 1.37. The number of pyridine rings is 1. The summed E-state index contributed by atoms with van der Waals surface area (Å²) in [6, 6.07) is 26.5. The molecule has 0 aliphatic heterocycles. The number of nitriles is 1. The van der Waals surface area contributed by atoms with Gasteiger partial charge in [-0.25, -0.2) is 0 Å². The quantitative estimate of drug-likeness (QED) is 0.297. The smallest absolute Gasteiger partial charge is 0.277 e. The minimum Gasteiger partial charge on any atom is -0.438 e. The van der Waals surface area contributed by atoms with Gasteiger partial charge in [-0.3, -0.25) is 15.1 Å². The molecule has 3 heterocycles. The Morgan fingerprint density at radius 1 is 0.914 bits per heavy atom. The Hall–Kier alpha value is -4.68. The van der Waals surface area contributed by atoms with E-state index in [-0.39, 0.29) is 34.2 Å². The number of hydrogen-bond donors (Lipinski definition) is 1. The SMILES string of the molecule is N#Cc1c(NC(=O)CSc2nnc(-c3ccccn3)o2)oc(-c2ccccc2)c1-c1ccccc1. The van der Waals surface area contributed by atoms with E-state index in [1.165, 1.54) is 0 Å². The summed E-state index contributed by atoms with van der Waals surface area (Å²) in [6.07, 6.45) is 1.63. The van der Waals surface area contributed by atoms with Crippen molar-refractivity contribution in [1.82, 2.24) is 15.2 Å². The summed E-state index contributed by atoms with van der Waals surface area (Å²) in [7, 11) is 0. The zero-order valence-corrected chi connectivity index (χ0v) is 19.0. The second kappa shape index (κ2) is 10.1. The van der Waals surface area contributed by atoms with Gasteiger partial charge in [0.15, 0.2) is 0 Å². The summed E-state index contributed by atoms with van der Waals surface area (Å²) in [4.78, 5) is 16.9. The molecule has 8 nitrogen and oxygen atoms in total. The zero-order chi connectivity index (χ0) is 24.0. The van der Waals surface area contributed by atoms with Crippen molar-refractivity contribution in [3.05, 3.63) is 90.6 Å². The fourth-order valence-electron chi connectivity index (χ4n) is 3.45. The molecule has 3 aromatic heterocycles. The first-order chi connectivity index (χ1) is 17.2. The van der Waals surface area contributed by atoms with Crippen LogP contribution in [0.1, 0.15) is 5.56 Å². The van der Waals surface area contributed by atoms with Gasteiger partial charge in [0.1, 0.15) is 23.1 Å². The third kappa shape index (κ3) is 4.83. The summed E-state index contributed by atoms with van der Waals surface area (Å²) >= 11 is 1.08. The van der Waals surface area contributed by atoms with Crippen LogP contribution in [0, 0.1) is 11.3 Å². The average molecular weight is 480 g/mol. The first-order valence-electron chi connectivity index (χ1n) is 10.6. The summed E-state index contributed by atoms with van der Waals surface area (Å²) in [5.41, 5.74) is 3.04. The van der Waals surface area contributed by atoms with Crippen LogP contribution in [0.5, 0.6) is 0 Å². The largest absolute Gasteiger partial charge is 0.438 e. The highest BCUT2D eigenvalue weighted by atomic mass is 32.2. The summed E-state index contributed by atoms with van der Waals surface area (Å²) < 4.78 is 11.6. The maximum atomic E-state index is 12.7. The van der Waals surface area contributed by atoms with Crippen LogP contribution in [0.4, 0.5) is 5.88 Å². The summed E-state index contributed by atoms with van der Waals surface area (Å²) in [5.74, 6) is 0.476. The fraction of sp³-hybridized carbons (Fsp3) is 0.0385. The Labute approximate surface area is 204 Å². The van der Waals surface area contributed by atoms with E-state index in [4.69, 9.17) is 8.83 Å². The number of thioether (sulfide) groups is 1.